The summed E-state index contributed by atoms with van der Waals surface area (Å²) in [7, 11) is -2.44. The van der Waals surface area contributed by atoms with Crippen molar-refractivity contribution in [1.82, 2.24) is 4.31 Å². The SMILES string of the molecule is COc1ccc(CN(C2CC2)S(=O)(=O)c2cccc(OC(F)(F)F)c2)cc1. The zero-order valence-electron chi connectivity index (χ0n) is 14.4. The summed E-state index contributed by atoms with van der Waals surface area (Å²) in [6.07, 6.45) is -3.45. The summed E-state index contributed by atoms with van der Waals surface area (Å²) in [5.41, 5.74) is 0.758. The van der Waals surface area contributed by atoms with Gasteiger partial charge in [-0.2, -0.15) is 4.31 Å². The van der Waals surface area contributed by atoms with Crippen molar-refractivity contribution in [1.29, 1.82) is 0 Å². The number of hydrogen-bond donors (Lipinski definition) is 0. The van der Waals surface area contributed by atoms with E-state index < -0.39 is 22.1 Å². The van der Waals surface area contributed by atoms with Gasteiger partial charge in [0, 0.05) is 18.7 Å². The Kier molecular flexibility index (Phi) is 5.34. The molecule has 2 aromatic carbocycles. The van der Waals surface area contributed by atoms with E-state index >= 15 is 0 Å². The summed E-state index contributed by atoms with van der Waals surface area (Å²) in [6.45, 7) is 0.126. The third-order valence-corrected chi connectivity index (χ3v) is 5.99. The Labute approximate surface area is 155 Å². The third kappa shape index (κ3) is 4.92. The number of ether oxygens (including phenoxy) is 2. The van der Waals surface area contributed by atoms with Gasteiger partial charge in [0.15, 0.2) is 0 Å². The molecule has 0 saturated heterocycles. The van der Waals surface area contributed by atoms with Crippen LogP contribution in [0.3, 0.4) is 0 Å². The van der Waals surface area contributed by atoms with Crippen LogP contribution in [-0.4, -0.2) is 32.2 Å². The normalized spacial score (nSPS) is 15.0. The van der Waals surface area contributed by atoms with Crippen LogP contribution in [0.1, 0.15) is 18.4 Å². The zero-order chi connectivity index (χ0) is 19.7. The lowest BCUT2D eigenvalue weighted by molar-refractivity contribution is -0.274. The van der Waals surface area contributed by atoms with Gasteiger partial charge in [-0.1, -0.05) is 18.2 Å². The van der Waals surface area contributed by atoms with E-state index in [0.717, 1.165) is 17.7 Å². The van der Waals surface area contributed by atoms with Gasteiger partial charge in [0.25, 0.3) is 0 Å². The van der Waals surface area contributed by atoms with E-state index in [2.05, 4.69) is 4.74 Å². The molecule has 0 aliphatic heterocycles. The molecule has 9 heteroatoms. The van der Waals surface area contributed by atoms with Crippen molar-refractivity contribution >= 4 is 10.0 Å². The van der Waals surface area contributed by atoms with Crippen LogP contribution in [0.2, 0.25) is 0 Å². The van der Waals surface area contributed by atoms with Crippen LogP contribution in [0.4, 0.5) is 13.2 Å². The highest BCUT2D eigenvalue weighted by Crippen LogP contribution is 2.35. The van der Waals surface area contributed by atoms with E-state index in [0.29, 0.717) is 18.6 Å². The summed E-state index contributed by atoms with van der Waals surface area (Å²) < 4.78 is 73.6. The zero-order valence-corrected chi connectivity index (χ0v) is 15.3. The molecule has 1 aliphatic rings. The Balaban J connectivity index is 1.87. The summed E-state index contributed by atoms with van der Waals surface area (Å²) in [6, 6.07) is 11.3. The van der Waals surface area contributed by atoms with Gasteiger partial charge in [0.2, 0.25) is 10.0 Å². The minimum Gasteiger partial charge on any atom is -0.497 e. The molecule has 5 nitrogen and oxygen atoms in total. The molecule has 0 N–H and O–H groups in total. The van der Waals surface area contributed by atoms with Crippen LogP contribution in [0.15, 0.2) is 53.4 Å². The standard InChI is InChI=1S/C18H18F3NO4S/c1-25-15-9-5-13(6-10-15)12-22(14-7-8-14)27(23,24)17-4-2-3-16(11-17)26-18(19,20)21/h2-6,9-11,14H,7-8,12H2,1H3. The van der Waals surface area contributed by atoms with Gasteiger partial charge in [-0.25, -0.2) is 8.42 Å². The van der Waals surface area contributed by atoms with Gasteiger partial charge in [-0.3, -0.25) is 0 Å². The second-order valence-corrected chi connectivity index (χ2v) is 8.04. The van der Waals surface area contributed by atoms with Crippen LogP contribution < -0.4 is 9.47 Å². The van der Waals surface area contributed by atoms with E-state index in [4.69, 9.17) is 4.74 Å². The third-order valence-electron chi connectivity index (χ3n) is 4.10. The van der Waals surface area contributed by atoms with Crippen molar-refractivity contribution in [2.75, 3.05) is 7.11 Å². The Morgan fingerprint density at radius 2 is 1.74 bits per heavy atom. The Hall–Kier alpha value is -2.26. The van der Waals surface area contributed by atoms with E-state index in [9.17, 15) is 21.6 Å². The maximum absolute atomic E-state index is 13.0. The van der Waals surface area contributed by atoms with Gasteiger partial charge < -0.3 is 9.47 Å². The number of hydrogen-bond acceptors (Lipinski definition) is 4. The largest absolute Gasteiger partial charge is 0.573 e. The molecule has 0 amide bonds. The molecular weight excluding hydrogens is 383 g/mol. The maximum atomic E-state index is 13.0. The van der Waals surface area contributed by atoms with Crippen LogP contribution in [0.25, 0.3) is 0 Å². The monoisotopic (exact) mass is 401 g/mol. The van der Waals surface area contributed by atoms with Crippen molar-refractivity contribution in [2.45, 2.75) is 36.7 Å². The number of methoxy groups -OCH3 is 1. The fraction of sp³-hybridized carbons (Fsp3) is 0.333. The van der Waals surface area contributed by atoms with Gasteiger partial charge in [0.1, 0.15) is 11.5 Å². The van der Waals surface area contributed by atoms with Gasteiger partial charge >= 0.3 is 6.36 Å². The molecule has 0 bridgehead atoms. The fourth-order valence-corrected chi connectivity index (χ4v) is 4.36. The van der Waals surface area contributed by atoms with Crippen LogP contribution in [0, 0.1) is 0 Å². The topological polar surface area (TPSA) is 55.8 Å². The lowest BCUT2D eigenvalue weighted by Gasteiger charge is -2.22. The molecule has 146 valence electrons. The summed E-state index contributed by atoms with van der Waals surface area (Å²) in [5.74, 6) is 0.0837. The second-order valence-electron chi connectivity index (χ2n) is 6.15. The molecule has 1 fully saturated rings. The number of sulfonamides is 1. The first kappa shape index (κ1) is 19.5. The van der Waals surface area contributed by atoms with Crippen LogP contribution >= 0.6 is 0 Å². The van der Waals surface area contributed by atoms with Gasteiger partial charge in [0.05, 0.1) is 12.0 Å². The first-order chi connectivity index (χ1) is 12.7. The predicted octanol–water partition coefficient (Wildman–Crippen LogP) is 3.95. The lowest BCUT2D eigenvalue weighted by atomic mass is 10.2. The molecule has 1 aliphatic carbocycles. The molecule has 3 rings (SSSR count). The van der Waals surface area contributed by atoms with Crippen LogP contribution in [-0.2, 0) is 16.6 Å². The Bertz CT molecular complexity index is 894. The van der Waals surface area contributed by atoms with Crippen LogP contribution in [0.5, 0.6) is 11.5 Å². The summed E-state index contributed by atoms with van der Waals surface area (Å²) in [5, 5.41) is 0. The Morgan fingerprint density at radius 3 is 2.30 bits per heavy atom. The van der Waals surface area contributed by atoms with Crippen molar-refractivity contribution in [3.63, 3.8) is 0 Å². The summed E-state index contributed by atoms with van der Waals surface area (Å²) >= 11 is 0. The van der Waals surface area contributed by atoms with Crippen molar-refractivity contribution in [3.8, 4) is 11.5 Å². The van der Waals surface area contributed by atoms with E-state index in [-0.39, 0.29) is 17.5 Å². The van der Waals surface area contributed by atoms with Crippen molar-refractivity contribution in [3.05, 3.63) is 54.1 Å². The average molecular weight is 401 g/mol. The molecule has 0 aromatic heterocycles. The molecule has 2 aromatic rings. The smallest absolute Gasteiger partial charge is 0.497 e. The molecule has 0 radical (unpaired) electrons. The van der Waals surface area contributed by atoms with E-state index in [1.165, 1.54) is 23.5 Å². The molecule has 27 heavy (non-hydrogen) atoms. The molecule has 0 spiro atoms. The average Bonchev–Trinajstić information content (AvgIpc) is 3.43. The molecule has 0 unspecified atom stereocenters. The quantitative estimate of drug-likeness (QED) is 0.705. The highest BCUT2D eigenvalue weighted by Gasteiger charge is 2.38. The predicted molar refractivity (Wildman–Crippen MR) is 91.9 cm³/mol. The molecule has 1 saturated carbocycles. The maximum Gasteiger partial charge on any atom is 0.573 e. The molecule has 0 heterocycles. The molecule has 0 atom stereocenters. The van der Waals surface area contributed by atoms with Gasteiger partial charge in [-0.15, -0.1) is 13.2 Å². The van der Waals surface area contributed by atoms with Crippen molar-refractivity contribution < 1.29 is 31.1 Å². The number of alkyl halides is 3. The van der Waals surface area contributed by atoms with Crippen molar-refractivity contribution in [2.24, 2.45) is 0 Å². The van der Waals surface area contributed by atoms with E-state index in [1.807, 2.05) is 0 Å². The first-order valence-electron chi connectivity index (χ1n) is 8.19. The number of benzene rings is 2. The van der Waals surface area contributed by atoms with Gasteiger partial charge in [-0.05, 0) is 42.7 Å². The number of nitrogens with zero attached hydrogens (tertiary/aromatic N) is 1. The first-order valence-corrected chi connectivity index (χ1v) is 9.63. The lowest BCUT2D eigenvalue weighted by Crippen LogP contribution is -2.32. The van der Waals surface area contributed by atoms with E-state index in [1.54, 1.807) is 24.3 Å². The summed E-state index contributed by atoms with van der Waals surface area (Å²) in [4.78, 5) is -0.232. The highest BCUT2D eigenvalue weighted by molar-refractivity contribution is 7.89. The Morgan fingerprint density at radius 1 is 1.07 bits per heavy atom. The highest BCUT2D eigenvalue weighted by atomic mass is 32.2. The second kappa shape index (κ2) is 7.40. The minimum absolute atomic E-state index is 0.126. The number of halogens is 3. The minimum atomic E-state index is -4.89. The number of rotatable bonds is 7. The molecular formula is C18H18F3NO4S. The fourth-order valence-electron chi connectivity index (χ4n) is 2.65.